The molecule has 0 amide bonds. The number of anilines is 1. The van der Waals surface area contributed by atoms with Crippen molar-refractivity contribution < 1.29 is 0 Å². The minimum atomic E-state index is 0.350. The Hall–Kier alpha value is -1.58. The summed E-state index contributed by atoms with van der Waals surface area (Å²) >= 11 is 7.92. The van der Waals surface area contributed by atoms with Crippen LogP contribution < -0.4 is 5.32 Å². The number of fused-ring (bicyclic) bond motifs is 2. The van der Waals surface area contributed by atoms with Crippen molar-refractivity contribution >= 4 is 39.4 Å². The van der Waals surface area contributed by atoms with Crippen molar-refractivity contribution in [3.05, 3.63) is 57.5 Å². The molecule has 0 spiro atoms. The highest BCUT2D eigenvalue weighted by atomic mass is 35.5. The topological polar surface area (TPSA) is 24.9 Å². The third-order valence-corrected chi connectivity index (χ3v) is 5.44. The van der Waals surface area contributed by atoms with Crippen LogP contribution in [-0.4, -0.2) is 4.98 Å². The van der Waals surface area contributed by atoms with Crippen molar-refractivity contribution in [3.8, 4) is 0 Å². The highest BCUT2D eigenvalue weighted by molar-refractivity contribution is 7.16. The van der Waals surface area contributed by atoms with Gasteiger partial charge in [0.05, 0.1) is 10.4 Å². The van der Waals surface area contributed by atoms with Gasteiger partial charge in [0.2, 0.25) is 0 Å². The van der Waals surface area contributed by atoms with E-state index in [0.29, 0.717) is 6.04 Å². The van der Waals surface area contributed by atoms with Gasteiger partial charge in [-0.3, -0.25) is 4.98 Å². The van der Waals surface area contributed by atoms with E-state index in [1.54, 1.807) is 11.3 Å². The molecule has 0 aliphatic heterocycles. The van der Waals surface area contributed by atoms with Gasteiger partial charge in [0.1, 0.15) is 0 Å². The molecule has 1 aliphatic carbocycles. The lowest BCUT2D eigenvalue weighted by Gasteiger charge is -2.25. The van der Waals surface area contributed by atoms with E-state index in [9.17, 15) is 0 Å². The zero-order valence-electron chi connectivity index (χ0n) is 11.5. The summed E-state index contributed by atoms with van der Waals surface area (Å²) in [6, 6.07) is 10.9. The van der Waals surface area contributed by atoms with E-state index in [0.717, 1.165) is 22.9 Å². The van der Waals surface area contributed by atoms with Crippen LogP contribution in [0.2, 0.25) is 4.34 Å². The summed E-state index contributed by atoms with van der Waals surface area (Å²) in [7, 11) is 0. The van der Waals surface area contributed by atoms with Gasteiger partial charge >= 0.3 is 0 Å². The highest BCUT2D eigenvalue weighted by Gasteiger charge is 2.23. The maximum atomic E-state index is 6.19. The number of aromatic nitrogens is 1. The molecule has 0 bridgehead atoms. The molecule has 0 saturated heterocycles. The van der Waals surface area contributed by atoms with Crippen molar-refractivity contribution in [2.45, 2.75) is 25.3 Å². The number of halogens is 1. The fraction of sp³-hybridized carbons (Fsp3) is 0.235. The van der Waals surface area contributed by atoms with E-state index in [1.165, 1.54) is 27.6 Å². The zero-order valence-corrected chi connectivity index (χ0v) is 13.0. The molecule has 1 atom stereocenters. The number of rotatable bonds is 2. The molecular weight excluding hydrogens is 300 g/mol. The second-order valence-corrected chi connectivity index (χ2v) is 7.19. The predicted octanol–water partition coefficient (Wildman–Crippen LogP) is 5.44. The second-order valence-electron chi connectivity index (χ2n) is 5.42. The number of benzene rings is 1. The quantitative estimate of drug-likeness (QED) is 0.681. The first-order valence-corrected chi connectivity index (χ1v) is 8.38. The van der Waals surface area contributed by atoms with Gasteiger partial charge in [0.15, 0.2) is 0 Å². The van der Waals surface area contributed by atoms with E-state index >= 15 is 0 Å². The lowest BCUT2D eigenvalue weighted by molar-refractivity contribution is 0.609. The molecule has 1 N–H and O–H groups in total. The monoisotopic (exact) mass is 314 g/mol. The molecule has 21 heavy (non-hydrogen) atoms. The van der Waals surface area contributed by atoms with Crippen molar-refractivity contribution in [2.75, 3.05) is 5.32 Å². The first kappa shape index (κ1) is 13.1. The molecule has 3 aromatic rings. The Balaban J connectivity index is 1.73. The highest BCUT2D eigenvalue weighted by Crippen LogP contribution is 2.40. The van der Waals surface area contributed by atoms with Crippen LogP contribution in [0.4, 0.5) is 5.69 Å². The molecule has 0 fully saturated rings. The summed E-state index contributed by atoms with van der Waals surface area (Å²) < 4.78 is 0.897. The number of nitrogens with zero attached hydrogens (tertiary/aromatic N) is 1. The summed E-state index contributed by atoms with van der Waals surface area (Å²) in [4.78, 5) is 5.69. The first-order chi connectivity index (χ1) is 10.3. The summed E-state index contributed by atoms with van der Waals surface area (Å²) in [5.74, 6) is 0. The molecular formula is C17H15ClN2S. The van der Waals surface area contributed by atoms with Gasteiger partial charge in [0, 0.05) is 28.3 Å². The Morgan fingerprint density at radius 3 is 3.19 bits per heavy atom. The van der Waals surface area contributed by atoms with Crippen LogP contribution in [0, 0.1) is 0 Å². The van der Waals surface area contributed by atoms with Crippen LogP contribution in [0.5, 0.6) is 0 Å². The maximum Gasteiger partial charge on any atom is 0.0934 e. The van der Waals surface area contributed by atoms with Crippen LogP contribution in [0.15, 0.2) is 42.7 Å². The van der Waals surface area contributed by atoms with Crippen LogP contribution in [-0.2, 0) is 6.42 Å². The van der Waals surface area contributed by atoms with E-state index < -0.39 is 0 Å². The number of pyridine rings is 1. The average molecular weight is 315 g/mol. The number of thiophene rings is 1. The summed E-state index contributed by atoms with van der Waals surface area (Å²) in [6.07, 6.45) is 7.29. The molecule has 4 heteroatoms. The molecule has 0 saturated carbocycles. The number of aryl methyl sites for hydroxylation is 1. The SMILES string of the molecule is Clc1cc2c(s1)CCCC2Nc1cccc2ccncc12. The standard InChI is InChI=1S/C17H15ClN2S/c18-17-9-12-14(5-2-6-16(12)21-17)20-15-4-1-3-11-7-8-19-10-13(11)15/h1,3-4,7-10,14,20H,2,5-6H2. The fourth-order valence-corrected chi connectivity index (χ4v) is 4.48. The van der Waals surface area contributed by atoms with Gasteiger partial charge in [-0.05, 0) is 48.4 Å². The molecule has 106 valence electrons. The van der Waals surface area contributed by atoms with Crippen molar-refractivity contribution in [2.24, 2.45) is 0 Å². The minimum absolute atomic E-state index is 0.350. The molecule has 2 nitrogen and oxygen atoms in total. The first-order valence-electron chi connectivity index (χ1n) is 7.18. The number of nitrogens with one attached hydrogen (secondary N) is 1. The predicted molar refractivity (Wildman–Crippen MR) is 90.4 cm³/mol. The van der Waals surface area contributed by atoms with Crippen LogP contribution in [0.3, 0.4) is 0 Å². The van der Waals surface area contributed by atoms with Crippen LogP contribution in [0.1, 0.15) is 29.3 Å². The van der Waals surface area contributed by atoms with Gasteiger partial charge in [-0.25, -0.2) is 0 Å². The maximum absolute atomic E-state index is 6.19. The Kier molecular flexibility index (Phi) is 3.32. The molecule has 4 rings (SSSR count). The van der Waals surface area contributed by atoms with Crippen molar-refractivity contribution in [1.29, 1.82) is 0 Å². The Bertz CT molecular complexity index is 791. The smallest absolute Gasteiger partial charge is 0.0934 e. The van der Waals surface area contributed by atoms with Gasteiger partial charge in [0.25, 0.3) is 0 Å². The van der Waals surface area contributed by atoms with E-state index in [-0.39, 0.29) is 0 Å². The molecule has 1 aliphatic rings. The summed E-state index contributed by atoms with van der Waals surface area (Å²) in [5, 5.41) is 6.09. The Morgan fingerprint density at radius 2 is 2.24 bits per heavy atom. The lowest BCUT2D eigenvalue weighted by Crippen LogP contribution is -2.15. The zero-order chi connectivity index (χ0) is 14.2. The van der Waals surface area contributed by atoms with E-state index in [1.807, 2.05) is 18.5 Å². The summed E-state index contributed by atoms with van der Waals surface area (Å²) in [6.45, 7) is 0. The Labute approximate surface area is 132 Å². The van der Waals surface area contributed by atoms with Crippen molar-refractivity contribution in [3.63, 3.8) is 0 Å². The molecule has 0 radical (unpaired) electrons. The fourth-order valence-electron chi connectivity index (χ4n) is 3.10. The van der Waals surface area contributed by atoms with Crippen molar-refractivity contribution in [1.82, 2.24) is 4.98 Å². The average Bonchev–Trinajstić information content (AvgIpc) is 2.89. The number of hydrogen-bond donors (Lipinski definition) is 1. The van der Waals surface area contributed by atoms with Gasteiger partial charge in [-0.2, -0.15) is 0 Å². The molecule has 1 aromatic carbocycles. The third kappa shape index (κ3) is 2.41. The van der Waals surface area contributed by atoms with Gasteiger partial charge in [-0.1, -0.05) is 23.7 Å². The Morgan fingerprint density at radius 1 is 1.29 bits per heavy atom. The van der Waals surface area contributed by atoms with E-state index in [4.69, 9.17) is 11.6 Å². The van der Waals surface area contributed by atoms with Crippen LogP contribution in [0.25, 0.3) is 10.8 Å². The minimum Gasteiger partial charge on any atom is -0.378 e. The second kappa shape index (κ2) is 5.32. The van der Waals surface area contributed by atoms with E-state index in [2.05, 4.69) is 34.6 Å². The molecule has 2 heterocycles. The van der Waals surface area contributed by atoms with Gasteiger partial charge in [-0.15, -0.1) is 11.3 Å². The lowest BCUT2D eigenvalue weighted by atomic mass is 9.93. The summed E-state index contributed by atoms with van der Waals surface area (Å²) in [5.41, 5.74) is 2.53. The van der Waals surface area contributed by atoms with Gasteiger partial charge < -0.3 is 5.32 Å². The molecule has 2 aromatic heterocycles. The largest absolute Gasteiger partial charge is 0.378 e. The third-order valence-electron chi connectivity index (χ3n) is 4.10. The van der Waals surface area contributed by atoms with Crippen LogP contribution >= 0.6 is 22.9 Å². The normalized spacial score (nSPS) is 17.7. The molecule has 1 unspecified atom stereocenters. The number of hydrogen-bond acceptors (Lipinski definition) is 3.